The molecule has 0 aliphatic carbocycles. The number of hydrogen-bond acceptors (Lipinski definition) is 4. The molecule has 17 heavy (non-hydrogen) atoms. The molecule has 1 saturated heterocycles. The second-order valence-electron chi connectivity index (χ2n) is 4.48. The first-order chi connectivity index (χ1) is 8.36. The molecule has 2 aromatic heterocycles. The number of thiazole rings is 1. The van der Waals surface area contributed by atoms with E-state index in [0.717, 1.165) is 30.1 Å². The highest BCUT2D eigenvalue weighted by atomic mass is 32.1. The van der Waals surface area contributed by atoms with Crippen LogP contribution >= 0.6 is 11.3 Å². The van der Waals surface area contributed by atoms with Crippen molar-refractivity contribution in [3.8, 4) is 0 Å². The number of hydrogen-bond donors (Lipinski definition) is 1. The molecule has 5 heteroatoms. The van der Waals surface area contributed by atoms with E-state index in [1.165, 1.54) is 6.42 Å². The lowest BCUT2D eigenvalue weighted by molar-refractivity contribution is 0.0806. The van der Waals surface area contributed by atoms with E-state index < -0.39 is 0 Å². The van der Waals surface area contributed by atoms with E-state index in [9.17, 15) is 0 Å². The molecule has 2 unspecified atom stereocenters. The number of imidazole rings is 1. The highest BCUT2D eigenvalue weighted by Crippen LogP contribution is 2.19. The predicted molar refractivity (Wildman–Crippen MR) is 68.6 cm³/mol. The lowest BCUT2D eigenvalue weighted by atomic mass is 10.0. The smallest absolute Gasteiger partial charge is 0.193 e. The van der Waals surface area contributed by atoms with Crippen LogP contribution in [0.25, 0.3) is 4.96 Å². The summed E-state index contributed by atoms with van der Waals surface area (Å²) in [4.78, 5) is 5.69. The quantitative estimate of drug-likeness (QED) is 0.899. The standard InChI is InChI=1S/C12H17N3OS/c1-13-10(11-3-2-5-16-11)7-9-8-15-4-6-17-12(15)14-9/h4,6,8,10-11,13H,2-3,5,7H2,1H3. The van der Waals surface area contributed by atoms with Crippen molar-refractivity contribution < 1.29 is 4.74 Å². The molecular formula is C12H17N3OS. The fraction of sp³-hybridized carbons (Fsp3) is 0.583. The Hall–Kier alpha value is -0.910. The maximum atomic E-state index is 5.74. The molecule has 2 atom stereocenters. The number of fused-ring (bicyclic) bond motifs is 1. The van der Waals surface area contributed by atoms with E-state index in [2.05, 4.69) is 32.5 Å². The number of ether oxygens (including phenoxy) is 1. The van der Waals surface area contributed by atoms with Crippen LogP contribution in [0.1, 0.15) is 18.5 Å². The molecule has 0 aromatic carbocycles. The van der Waals surface area contributed by atoms with Crippen LogP contribution in [-0.4, -0.2) is 35.2 Å². The van der Waals surface area contributed by atoms with Crippen molar-refractivity contribution in [3.05, 3.63) is 23.5 Å². The van der Waals surface area contributed by atoms with Crippen molar-refractivity contribution in [2.75, 3.05) is 13.7 Å². The van der Waals surface area contributed by atoms with Crippen LogP contribution in [0.3, 0.4) is 0 Å². The zero-order valence-corrected chi connectivity index (χ0v) is 10.7. The zero-order valence-electron chi connectivity index (χ0n) is 9.93. The first kappa shape index (κ1) is 11.2. The van der Waals surface area contributed by atoms with Gasteiger partial charge in [0.1, 0.15) is 0 Å². The normalized spacial score (nSPS) is 22.3. The molecule has 1 fully saturated rings. The van der Waals surface area contributed by atoms with Crippen molar-refractivity contribution in [1.82, 2.24) is 14.7 Å². The maximum Gasteiger partial charge on any atom is 0.193 e. The van der Waals surface area contributed by atoms with Crippen molar-refractivity contribution in [2.24, 2.45) is 0 Å². The van der Waals surface area contributed by atoms with E-state index in [-0.39, 0.29) is 0 Å². The van der Waals surface area contributed by atoms with Gasteiger partial charge in [0.15, 0.2) is 4.96 Å². The summed E-state index contributed by atoms with van der Waals surface area (Å²) < 4.78 is 7.82. The molecule has 0 amide bonds. The van der Waals surface area contributed by atoms with Crippen molar-refractivity contribution >= 4 is 16.3 Å². The summed E-state index contributed by atoms with van der Waals surface area (Å²) in [6, 6.07) is 0.377. The van der Waals surface area contributed by atoms with Gasteiger partial charge in [0.25, 0.3) is 0 Å². The summed E-state index contributed by atoms with van der Waals surface area (Å²) in [7, 11) is 2.00. The lowest BCUT2D eigenvalue weighted by Gasteiger charge is -2.21. The summed E-state index contributed by atoms with van der Waals surface area (Å²) in [5.74, 6) is 0. The minimum Gasteiger partial charge on any atom is -0.377 e. The van der Waals surface area contributed by atoms with Crippen LogP contribution in [0.5, 0.6) is 0 Å². The fourth-order valence-corrected chi connectivity index (χ4v) is 3.16. The van der Waals surface area contributed by atoms with Gasteiger partial charge in [-0.25, -0.2) is 4.98 Å². The molecule has 0 spiro atoms. The fourth-order valence-electron chi connectivity index (χ4n) is 2.44. The number of nitrogens with one attached hydrogen (secondary N) is 1. The van der Waals surface area contributed by atoms with Gasteiger partial charge in [-0.15, -0.1) is 11.3 Å². The minimum atomic E-state index is 0.347. The number of aromatic nitrogens is 2. The van der Waals surface area contributed by atoms with E-state index in [1.54, 1.807) is 11.3 Å². The molecule has 92 valence electrons. The van der Waals surface area contributed by atoms with Gasteiger partial charge < -0.3 is 10.1 Å². The Kier molecular flexibility index (Phi) is 3.13. The highest BCUT2D eigenvalue weighted by Gasteiger charge is 2.25. The summed E-state index contributed by atoms with van der Waals surface area (Å²) in [6.45, 7) is 0.904. The Morgan fingerprint density at radius 3 is 3.35 bits per heavy atom. The highest BCUT2D eigenvalue weighted by molar-refractivity contribution is 7.15. The summed E-state index contributed by atoms with van der Waals surface area (Å²) in [5, 5.41) is 5.42. The van der Waals surface area contributed by atoms with Crippen LogP contribution in [0, 0.1) is 0 Å². The van der Waals surface area contributed by atoms with Gasteiger partial charge >= 0.3 is 0 Å². The molecule has 0 saturated carbocycles. The van der Waals surface area contributed by atoms with E-state index in [0.29, 0.717) is 12.1 Å². The van der Waals surface area contributed by atoms with E-state index >= 15 is 0 Å². The van der Waals surface area contributed by atoms with Crippen molar-refractivity contribution in [2.45, 2.75) is 31.4 Å². The van der Waals surface area contributed by atoms with Crippen LogP contribution in [0.15, 0.2) is 17.8 Å². The van der Waals surface area contributed by atoms with Gasteiger partial charge in [0.2, 0.25) is 0 Å². The molecule has 1 N–H and O–H groups in total. The third-order valence-corrected chi connectivity index (χ3v) is 4.13. The Morgan fingerprint density at radius 2 is 2.65 bits per heavy atom. The Morgan fingerprint density at radius 1 is 1.71 bits per heavy atom. The van der Waals surface area contributed by atoms with Gasteiger partial charge in [-0.05, 0) is 19.9 Å². The summed E-state index contributed by atoms with van der Waals surface area (Å²) >= 11 is 1.68. The Labute approximate surface area is 105 Å². The van der Waals surface area contributed by atoms with Crippen LogP contribution < -0.4 is 5.32 Å². The second-order valence-corrected chi connectivity index (χ2v) is 5.35. The largest absolute Gasteiger partial charge is 0.377 e. The third-order valence-electron chi connectivity index (χ3n) is 3.36. The van der Waals surface area contributed by atoms with Crippen LogP contribution in [-0.2, 0) is 11.2 Å². The van der Waals surface area contributed by atoms with Crippen LogP contribution in [0.2, 0.25) is 0 Å². The van der Waals surface area contributed by atoms with Crippen molar-refractivity contribution in [3.63, 3.8) is 0 Å². The first-order valence-corrected chi connectivity index (χ1v) is 6.95. The minimum absolute atomic E-state index is 0.347. The van der Waals surface area contributed by atoms with Gasteiger partial charge in [0.05, 0.1) is 11.8 Å². The topological polar surface area (TPSA) is 38.6 Å². The first-order valence-electron chi connectivity index (χ1n) is 6.07. The average molecular weight is 251 g/mol. The number of nitrogens with zero attached hydrogens (tertiary/aromatic N) is 2. The van der Waals surface area contributed by atoms with Gasteiger partial charge in [-0.2, -0.15) is 0 Å². The molecule has 3 rings (SSSR count). The number of likely N-dealkylation sites (N-methyl/N-ethyl adjacent to an activating group) is 1. The number of rotatable bonds is 4. The Bertz CT molecular complexity index is 458. The molecule has 0 radical (unpaired) electrons. The van der Waals surface area contributed by atoms with Crippen LogP contribution in [0.4, 0.5) is 0 Å². The molecule has 3 heterocycles. The van der Waals surface area contributed by atoms with Gasteiger partial charge in [-0.3, -0.25) is 4.40 Å². The third kappa shape index (κ3) is 2.22. The van der Waals surface area contributed by atoms with Crippen molar-refractivity contribution in [1.29, 1.82) is 0 Å². The molecule has 1 aliphatic rings. The maximum absolute atomic E-state index is 5.74. The van der Waals surface area contributed by atoms with Gasteiger partial charge in [0, 0.05) is 36.8 Å². The molecule has 1 aliphatic heterocycles. The summed E-state index contributed by atoms with van der Waals surface area (Å²) in [6.07, 6.45) is 7.80. The molecular weight excluding hydrogens is 234 g/mol. The summed E-state index contributed by atoms with van der Waals surface area (Å²) in [5.41, 5.74) is 1.15. The molecule has 2 aromatic rings. The molecule has 0 bridgehead atoms. The molecule has 4 nitrogen and oxygen atoms in total. The zero-order chi connectivity index (χ0) is 11.7. The predicted octanol–water partition coefficient (Wildman–Crippen LogP) is 1.71. The van der Waals surface area contributed by atoms with Gasteiger partial charge in [-0.1, -0.05) is 0 Å². The SMILES string of the molecule is CNC(Cc1cn2ccsc2n1)C1CCCO1. The second kappa shape index (κ2) is 4.76. The lowest BCUT2D eigenvalue weighted by Crippen LogP contribution is -2.39. The Balaban J connectivity index is 1.73. The average Bonchev–Trinajstić information content (AvgIpc) is 3.01. The van der Waals surface area contributed by atoms with E-state index in [4.69, 9.17) is 4.74 Å². The van der Waals surface area contributed by atoms with E-state index in [1.807, 2.05) is 7.05 Å². The monoisotopic (exact) mass is 251 g/mol.